The molecule has 2 unspecified atom stereocenters. The number of nitrogens with one attached hydrogen (secondary N) is 1. The van der Waals surface area contributed by atoms with Crippen LogP contribution in [0.2, 0.25) is 0 Å². The monoisotopic (exact) mass is 214 g/mol. The van der Waals surface area contributed by atoms with Crippen LogP contribution in [0.1, 0.15) is 24.1 Å². The number of alkyl halides is 1. The number of thiazole rings is 1. The van der Waals surface area contributed by atoms with E-state index in [0.717, 1.165) is 24.3 Å². The van der Waals surface area contributed by atoms with Crippen molar-refractivity contribution in [3.05, 3.63) is 16.6 Å². The Morgan fingerprint density at radius 1 is 1.64 bits per heavy atom. The van der Waals surface area contributed by atoms with Gasteiger partial charge in [-0.25, -0.2) is 4.39 Å². The predicted molar refractivity (Wildman–Crippen MR) is 56.4 cm³/mol. The van der Waals surface area contributed by atoms with Crippen molar-refractivity contribution in [3.8, 4) is 0 Å². The molecule has 2 nitrogen and oxygen atoms in total. The van der Waals surface area contributed by atoms with Crippen LogP contribution in [0, 0.1) is 0 Å². The second kappa shape index (κ2) is 4.84. The fourth-order valence-corrected chi connectivity index (χ4v) is 2.50. The Bertz CT molecular complexity index is 257. The van der Waals surface area contributed by atoms with Crippen LogP contribution >= 0.6 is 11.3 Å². The second-order valence-electron chi connectivity index (χ2n) is 3.74. The van der Waals surface area contributed by atoms with E-state index in [9.17, 15) is 4.39 Å². The second-order valence-corrected chi connectivity index (χ2v) is 4.72. The first-order valence-corrected chi connectivity index (χ1v) is 5.99. The topological polar surface area (TPSA) is 24.9 Å². The van der Waals surface area contributed by atoms with Crippen LogP contribution < -0.4 is 5.32 Å². The Labute approximate surface area is 87.6 Å². The normalized spacial score (nSPS) is 24.8. The number of hydrogen-bond acceptors (Lipinski definition) is 3. The third-order valence-corrected chi connectivity index (χ3v) is 3.47. The molecule has 0 spiro atoms. The summed E-state index contributed by atoms with van der Waals surface area (Å²) in [6.07, 6.45) is 4.84. The molecule has 0 radical (unpaired) electrons. The zero-order valence-corrected chi connectivity index (χ0v) is 8.89. The first-order chi connectivity index (χ1) is 6.86. The third-order valence-electron chi connectivity index (χ3n) is 2.66. The van der Waals surface area contributed by atoms with E-state index >= 15 is 0 Å². The van der Waals surface area contributed by atoms with Crippen LogP contribution in [0.3, 0.4) is 0 Å². The lowest BCUT2D eigenvalue weighted by molar-refractivity contribution is 0.218. The molecule has 1 N–H and O–H groups in total. The number of hydrogen-bond donors (Lipinski definition) is 1. The molecule has 14 heavy (non-hydrogen) atoms. The summed E-state index contributed by atoms with van der Waals surface area (Å²) in [6, 6.07) is 0.0610. The molecule has 0 aliphatic carbocycles. The van der Waals surface area contributed by atoms with Crippen LogP contribution in [0.5, 0.6) is 0 Å². The van der Waals surface area contributed by atoms with E-state index in [1.807, 2.05) is 0 Å². The first-order valence-electron chi connectivity index (χ1n) is 5.11. The van der Waals surface area contributed by atoms with E-state index in [1.165, 1.54) is 17.8 Å². The molecular formula is C10H15FN2S. The van der Waals surface area contributed by atoms with Crippen LogP contribution in [-0.4, -0.2) is 23.7 Å². The molecule has 2 heterocycles. The molecule has 1 aliphatic rings. The van der Waals surface area contributed by atoms with E-state index in [0.29, 0.717) is 6.42 Å². The smallest absolute Gasteiger partial charge is 0.120 e. The lowest BCUT2D eigenvalue weighted by atomic mass is 9.99. The summed E-state index contributed by atoms with van der Waals surface area (Å²) >= 11 is 1.54. The SMILES string of the molecule is FC(Cc1cncs1)C1CCCCN1. The van der Waals surface area contributed by atoms with Crippen molar-refractivity contribution in [2.24, 2.45) is 0 Å². The molecule has 0 bridgehead atoms. The van der Waals surface area contributed by atoms with Gasteiger partial charge in [0.25, 0.3) is 0 Å². The summed E-state index contributed by atoms with van der Waals surface area (Å²) in [4.78, 5) is 5.00. The number of halogens is 1. The molecule has 1 fully saturated rings. The van der Waals surface area contributed by atoms with E-state index in [4.69, 9.17) is 0 Å². The molecule has 0 saturated carbocycles. The van der Waals surface area contributed by atoms with Crippen LogP contribution in [0.4, 0.5) is 4.39 Å². The highest BCUT2D eigenvalue weighted by molar-refractivity contribution is 7.09. The third kappa shape index (κ3) is 2.51. The van der Waals surface area contributed by atoms with Crippen molar-refractivity contribution in [3.63, 3.8) is 0 Å². The Morgan fingerprint density at radius 3 is 3.21 bits per heavy atom. The van der Waals surface area contributed by atoms with Gasteiger partial charge in [0.15, 0.2) is 0 Å². The van der Waals surface area contributed by atoms with Crippen LogP contribution in [0.25, 0.3) is 0 Å². The average Bonchev–Trinajstić information content (AvgIpc) is 2.72. The highest BCUT2D eigenvalue weighted by atomic mass is 32.1. The van der Waals surface area contributed by atoms with Crippen molar-refractivity contribution in [1.29, 1.82) is 0 Å². The van der Waals surface area contributed by atoms with Crippen molar-refractivity contribution in [2.75, 3.05) is 6.54 Å². The van der Waals surface area contributed by atoms with Gasteiger partial charge >= 0.3 is 0 Å². The Hall–Kier alpha value is -0.480. The lowest BCUT2D eigenvalue weighted by Gasteiger charge is -2.26. The largest absolute Gasteiger partial charge is 0.311 e. The van der Waals surface area contributed by atoms with Crippen molar-refractivity contribution in [1.82, 2.24) is 10.3 Å². The molecule has 78 valence electrons. The van der Waals surface area contributed by atoms with E-state index in [1.54, 1.807) is 11.7 Å². The van der Waals surface area contributed by atoms with E-state index < -0.39 is 6.17 Å². The number of rotatable bonds is 3. The summed E-state index contributed by atoms with van der Waals surface area (Å²) in [6.45, 7) is 0.966. The molecule has 2 atom stereocenters. The van der Waals surface area contributed by atoms with Crippen molar-refractivity contribution in [2.45, 2.75) is 37.9 Å². The quantitative estimate of drug-likeness (QED) is 0.834. The van der Waals surface area contributed by atoms with Gasteiger partial charge in [0.1, 0.15) is 6.17 Å². The minimum Gasteiger partial charge on any atom is -0.311 e. The predicted octanol–water partition coefficient (Wildman–Crippen LogP) is 2.17. The maximum Gasteiger partial charge on any atom is 0.120 e. The van der Waals surface area contributed by atoms with Crippen molar-refractivity contribution >= 4 is 11.3 Å². The van der Waals surface area contributed by atoms with Gasteiger partial charge in [0.05, 0.1) is 5.51 Å². The Kier molecular flexibility index (Phi) is 3.48. The van der Waals surface area contributed by atoms with Gasteiger partial charge in [0.2, 0.25) is 0 Å². The summed E-state index contributed by atoms with van der Waals surface area (Å²) in [5, 5.41) is 3.24. The highest BCUT2D eigenvalue weighted by Crippen LogP contribution is 2.18. The van der Waals surface area contributed by atoms with Crippen LogP contribution in [0.15, 0.2) is 11.7 Å². The van der Waals surface area contributed by atoms with Gasteiger partial charge in [-0.3, -0.25) is 4.98 Å². The summed E-state index contributed by atoms with van der Waals surface area (Å²) < 4.78 is 13.8. The number of piperidine rings is 1. The van der Waals surface area contributed by atoms with Gasteiger partial charge in [-0.2, -0.15) is 0 Å². The van der Waals surface area contributed by atoms with Gasteiger partial charge in [0, 0.05) is 23.5 Å². The summed E-state index contributed by atoms with van der Waals surface area (Å²) in [5.74, 6) is 0. The average molecular weight is 214 g/mol. The van der Waals surface area contributed by atoms with E-state index in [2.05, 4.69) is 10.3 Å². The summed E-state index contributed by atoms with van der Waals surface area (Å²) in [7, 11) is 0. The first kappa shape index (κ1) is 10.1. The molecule has 1 aromatic heterocycles. The minimum atomic E-state index is -0.754. The number of aromatic nitrogens is 1. The minimum absolute atomic E-state index is 0.0610. The van der Waals surface area contributed by atoms with Gasteiger partial charge in [-0.15, -0.1) is 11.3 Å². The highest BCUT2D eigenvalue weighted by Gasteiger charge is 2.23. The summed E-state index contributed by atoms with van der Waals surface area (Å²) in [5.41, 5.74) is 1.76. The van der Waals surface area contributed by atoms with Crippen molar-refractivity contribution < 1.29 is 4.39 Å². The fraction of sp³-hybridized carbons (Fsp3) is 0.700. The Balaban J connectivity index is 1.85. The molecule has 2 rings (SSSR count). The molecule has 1 aliphatic heterocycles. The van der Waals surface area contributed by atoms with Crippen LogP contribution in [-0.2, 0) is 6.42 Å². The fourth-order valence-electron chi connectivity index (χ4n) is 1.86. The molecule has 0 amide bonds. The zero-order chi connectivity index (χ0) is 9.80. The zero-order valence-electron chi connectivity index (χ0n) is 8.08. The van der Waals surface area contributed by atoms with Gasteiger partial charge < -0.3 is 5.32 Å². The van der Waals surface area contributed by atoms with Gasteiger partial charge in [-0.1, -0.05) is 6.42 Å². The standard InChI is InChI=1S/C10H15FN2S/c11-9(5-8-6-12-7-14-8)10-3-1-2-4-13-10/h6-7,9-10,13H,1-5H2. The van der Waals surface area contributed by atoms with E-state index in [-0.39, 0.29) is 6.04 Å². The molecule has 1 saturated heterocycles. The van der Waals surface area contributed by atoms with Gasteiger partial charge in [-0.05, 0) is 19.4 Å². The Morgan fingerprint density at radius 2 is 2.57 bits per heavy atom. The molecule has 0 aromatic carbocycles. The molecule has 1 aromatic rings. The maximum atomic E-state index is 13.8. The number of nitrogens with zero attached hydrogens (tertiary/aromatic N) is 1. The molecule has 4 heteroatoms. The molecular weight excluding hydrogens is 199 g/mol. The lowest BCUT2D eigenvalue weighted by Crippen LogP contribution is -2.41. The maximum absolute atomic E-state index is 13.8.